The topological polar surface area (TPSA) is 23.5 Å². The summed E-state index contributed by atoms with van der Waals surface area (Å²) >= 11 is 0. The smallest absolute Gasteiger partial charge is 0.0827 e. The van der Waals surface area contributed by atoms with Gasteiger partial charge in [0, 0.05) is 24.3 Å². The molecule has 74 valence electrons. The summed E-state index contributed by atoms with van der Waals surface area (Å²) in [7, 11) is 0. The molecule has 2 heterocycles. The fourth-order valence-corrected chi connectivity index (χ4v) is 2.70. The fraction of sp³-hybridized carbons (Fsp3) is 0.500. The van der Waals surface area contributed by atoms with Crippen LogP contribution < -0.4 is 4.90 Å². The zero-order valence-corrected chi connectivity index (χ0v) is 8.24. The molecule has 0 spiro atoms. The molecule has 3 rings (SSSR count). The number of aliphatic hydroxyl groups is 1. The predicted octanol–water partition coefficient (Wildman–Crippen LogP) is 1.88. The third-order valence-electron chi connectivity index (χ3n) is 3.37. The van der Waals surface area contributed by atoms with Crippen molar-refractivity contribution in [1.29, 1.82) is 0 Å². The van der Waals surface area contributed by atoms with Gasteiger partial charge in [-0.2, -0.15) is 0 Å². The molecule has 0 aliphatic carbocycles. The Morgan fingerprint density at radius 1 is 1.29 bits per heavy atom. The molecule has 2 heteroatoms. The first-order chi connectivity index (χ1) is 6.86. The number of rotatable bonds is 0. The molecule has 14 heavy (non-hydrogen) atoms. The van der Waals surface area contributed by atoms with Crippen molar-refractivity contribution in [2.75, 3.05) is 18.0 Å². The van der Waals surface area contributed by atoms with Crippen LogP contribution in [0.2, 0.25) is 0 Å². The van der Waals surface area contributed by atoms with Gasteiger partial charge in [-0.3, -0.25) is 0 Å². The van der Waals surface area contributed by atoms with Gasteiger partial charge >= 0.3 is 0 Å². The number of benzene rings is 1. The minimum absolute atomic E-state index is 0.237. The van der Waals surface area contributed by atoms with Crippen LogP contribution >= 0.6 is 0 Å². The summed E-state index contributed by atoms with van der Waals surface area (Å²) in [5, 5.41) is 9.90. The van der Waals surface area contributed by atoms with Crippen LogP contribution in [0.4, 0.5) is 5.69 Å². The predicted molar refractivity (Wildman–Crippen MR) is 56.6 cm³/mol. The third-order valence-corrected chi connectivity index (χ3v) is 3.37. The first-order valence-corrected chi connectivity index (χ1v) is 5.41. The molecular weight excluding hydrogens is 174 g/mol. The van der Waals surface area contributed by atoms with Gasteiger partial charge in [0.25, 0.3) is 0 Å². The van der Waals surface area contributed by atoms with Crippen LogP contribution in [0.5, 0.6) is 0 Å². The Hall–Kier alpha value is -1.02. The SMILES string of the molecule is OC1CCN2CCCc3cccc1c32. The van der Waals surface area contributed by atoms with Crippen molar-refractivity contribution in [3.63, 3.8) is 0 Å². The molecule has 0 aromatic heterocycles. The van der Waals surface area contributed by atoms with E-state index < -0.39 is 0 Å². The lowest BCUT2D eigenvalue weighted by Crippen LogP contribution is -2.35. The molecule has 0 saturated heterocycles. The second-order valence-corrected chi connectivity index (χ2v) is 4.25. The van der Waals surface area contributed by atoms with E-state index in [9.17, 15) is 5.11 Å². The van der Waals surface area contributed by atoms with E-state index in [1.807, 2.05) is 0 Å². The summed E-state index contributed by atoms with van der Waals surface area (Å²) < 4.78 is 0. The Labute approximate surface area is 84.2 Å². The summed E-state index contributed by atoms with van der Waals surface area (Å²) in [6.07, 6.45) is 3.08. The number of aryl methyl sites for hydroxylation is 1. The Morgan fingerprint density at radius 3 is 3.14 bits per heavy atom. The molecule has 1 atom stereocenters. The average Bonchev–Trinajstić information content (AvgIpc) is 2.24. The van der Waals surface area contributed by atoms with Crippen LogP contribution in [0, 0.1) is 0 Å². The van der Waals surface area contributed by atoms with Crippen LogP contribution in [0.15, 0.2) is 18.2 Å². The van der Waals surface area contributed by atoms with Gasteiger partial charge in [-0.25, -0.2) is 0 Å². The van der Waals surface area contributed by atoms with Crippen molar-refractivity contribution in [2.24, 2.45) is 0 Å². The molecule has 0 bridgehead atoms. The standard InChI is InChI=1S/C12H15NO/c14-11-6-8-13-7-2-4-9-3-1-5-10(11)12(9)13/h1,3,5,11,14H,2,4,6-8H2. The maximum absolute atomic E-state index is 9.90. The molecule has 2 aliphatic heterocycles. The highest BCUT2D eigenvalue weighted by Crippen LogP contribution is 2.39. The summed E-state index contributed by atoms with van der Waals surface area (Å²) in [5.41, 5.74) is 3.90. The van der Waals surface area contributed by atoms with Gasteiger partial charge in [0.2, 0.25) is 0 Å². The van der Waals surface area contributed by atoms with Crippen molar-refractivity contribution in [3.05, 3.63) is 29.3 Å². The fourth-order valence-electron chi connectivity index (χ4n) is 2.70. The van der Waals surface area contributed by atoms with Crippen molar-refractivity contribution in [2.45, 2.75) is 25.4 Å². The van der Waals surface area contributed by atoms with E-state index in [0.29, 0.717) is 0 Å². The quantitative estimate of drug-likeness (QED) is 0.673. The van der Waals surface area contributed by atoms with Gasteiger partial charge in [-0.15, -0.1) is 0 Å². The van der Waals surface area contributed by atoms with Crippen LogP contribution in [0.25, 0.3) is 0 Å². The Bertz CT molecular complexity index is 361. The van der Waals surface area contributed by atoms with Crippen molar-refractivity contribution in [1.82, 2.24) is 0 Å². The summed E-state index contributed by atoms with van der Waals surface area (Å²) in [6, 6.07) is 6.34. The molecule has 1 unspecified atom stereocenters. The highest BCUT2D eigenvalue weighted by molar-refractivity contribution is 5.63. The minimum atomic E-state index is -0.237. The largest absolute Gasteiger partial charge is 0.388 e. The van der Waals surface area contributed by atoms with E-state index in [1.54, 1.807) is 0 Å². The monoisotopic (exact) mass is 189 g/mol. The molecule has 0 saturated carbocycles. The van der Waals surface area contributed by atoms with E-state index >= 15 is 0 Å². The highest BCUT2D eigenvalue weighted by atomic mass is 16.3. The van der Waals surface area contributed by atoms with Gasteiger partial charge in [-0.05, 0) is 24.8 Å². The number of para-hydroxylation sites is 1. The maximum Gasteiger partial charge on any atom is 0.0827 e. The van der Waals surface area contributed by atoms with E-state index in [0.717, 1.165) is 25.1 Å². The molecule has 2 aliphatic rings. The average molecular weight is 189 g/mol. The third kappa shape index (κ3) is 1.07. The number of nitrogens with zero attached hydrogens (tertiary/aromatic N) is 1. The summed E-state index contributed by atoms with van der Waals surface area (Å²) in [5.74, 6) is 0. The first-order valence-electron chi connectivity index (χ1n) is 5.41. The van der Waals surface area contributed by atoms with E-state index in [1.165, 1.54) is 24.1 Å². The van der Waals surface area contributed by atoms with Crippen molar-refractivity contribution < 1.29 is 5.11 Å². The van der Waals surface area contributed by atoms with Crippen LogP contribution in [0.3, 0.4) is 0 Å². The molecule has 0 fully saturated rings. The molecule has 0 radical (unpaired) electrons. The van der Waals surface area contributed by atoms with Gasteiger partial charge in [0.05, 0.1) is 6.10 Å². The van der Waals surface area contributed by atoms with Crippen LogP contribution in [-0.2, 0) is 6.42 Å². The Morgan fingerprint density at radius 2 is 2.21 bits per heavy atom. The second-order valence-electron chi connectivity index (χ2n) is 4.25. The molecule has 1 N–H and O–H groups in total. The second kappa shape index (κ2) is 2.99. The van der Waals surface area contributed by atoms with E-state index in [-0.39, 0.29) is 6.10 Å². The molecule has 1 aromatic rings. The zero-order valence-electron chi connectivity index (χ0n) is 8.24. The minimum Gasteiger partial charge on any atom is -0.388 e. The first kappa shape index (κ1) is 8.30. The number of aliphatic hydroxyl groups excluding tert-OH is 1. The Balaban J connectivity index is 2.19. The lowest BCUT2D eigenvalue weighted by Gasteiger charge is -2.38. The highest BCUT2D eigenvalue weighted by Gasteiger charge is 2.27. The van der Waals surface area contributed by atoms with Crippen molar-refractivity contribution >= 4 is 5.69 Å². The lowest BCUT2D eigenvalue weighted by atomic mass is 9.91. The molecular formula is C12H15NO. The molecule has 0 amide bonds. The Kier molecular flexibility index (Phi) is 1.77. The maximum atomic E-state index is 9.90. The van der Waals surface area contributed by atoms with Gasteiger partial charge in [0.15, 0.2) is 0 Å². The van der Waals surface area contributed by atoms with Gasteiger partial charge in [0.1, 0.15) is 0 Å². The number of anilines is 1. The molecule has 1 aromatic carbocycles. The van der Waals surface area contributed by atoms with Crippen molar-refractivity contribution in [3.8, 4) is 0 Å². The summed E-state index contributed by atoms with van der Waals surface area (Å²) in [6.45, 7) is 2.18. The van der Waals surface area contributed by atoms with Crippen LogP contribution in [0.1, 0.15) is 30.1 Å². The van der Waals surface area contributed by atoms with Gasteiger partial charge < -0.3 is 10.0 Å². The normalized spacial score (nSPS) is 24.6. The van der Waals surface area contributed by atoms with E-state index in [4.69, 9.17) is 0 Å². The van der Waals surface area contributed by atoms with Gasteiger partial charge in [-0.1, -0.05) is 18.2 Å². The molecule has 2 nitrogen and oxygen atoms in total. The summed E-state index contributed by atoms with van der Waals surface area (Å²) in [4.78, 5) is 2.43. The number of hydrogen-bond donors (Lipinski definition) is 1. The van der Waals surface area contributed by atoms with Crippen LogP contribution in [-0.4, -0.2) is 18.2 Å². The zero-order chi connectivity index (χ0) is 9.54. The lowest BCUT2D eigenvalue weighted by molar-refractivity contribution is 0.163. The van der Waals surface area contributed by atoms with E-state index in [2.05, 4.69) is 23.1 Å². The number of hydrogen-bond acceptors (Lipinski definition) is 2.